The van der Waals surface area contributed by atoms with Crippen LogP contribution in [0.1, 0.15) is 63.5 Å². The number of aryl methyl sites for hydroxylation is 1. The molecular weight excluding hydrogens is 562 g/mol. The summed E-state index contributed by atoms with van der Waals surface area (Å²) < 4.78 is 35.1. The van der Waals surface area contributed by atoms with Crippen LogP contribution in [0.25, 0.3) is 0 Å². The second-order valence-corrected chi connectivity index (χ2v) is 12.8. The van der Waals surface area contributed by atoms with Crippen LogP contribution in [0.4, 0.5) is 5.69 Å². The summed E-state index contributed by atoms with van der Waals surface area (Å²) in [4.78, 5) is 29.7. The highest BCUT2D eigenvalue weighted by Crippen LogP contribution is 2.33. The van der Waals surface area contributed by atoms with Crippen molar-refractivity contribution in [1.82, 2.24) is 10.2 Å². The molecule has 0 bridgehead atoms. The molecule has 1 aliphatic carbocycles. The molecule has 1 N–H and O–H groups in total. The van der Waals surface area contributed by atoms with Gasteiger partial charge in [-0.2, -0.15) is 0 Å². The SMILES string of the molecule is CCOc1ccccc1N(CC(=O)N(Cc1ccccc1C)[C@H](CC)C(=O)NC1CCCCC1)S(=O)(=O)c1ccccc1. The minimum absolute atomic E-state index is 0.0571. The third kappa shape index (κ3) is 7.96. The molecule has 3 aromatic carbocycles. The first-order chi connectivity index (χ1) is 20.8. The number of anilines is 1. The van der Waals surface area contributed by atoms with E-state index in [1.54, 1.807) is 42.5 Å². The van der Waals surface area contributed by atoms with Gasteiger partial charge in [0.1, 0.15) is 18.3 Å². The molecule has 0 aromatic heterocycles. The average molecular weight is 606 g/mol. The number of amides is 2. The van der Waals surface area contributed by atoms with Crippen LogP contribution in [0.5, 0.6) is 5.75 Å². The smallest absolute Gasteiger partial charge is 0.264 e. The third-order valence-corrected chi connectivity index (χ3v) is 9.76. The molecule has 1 fully saturated rings. The Morgan fingerprint density at radius 3 is 2.23 bits per heavy atom. The van der Waals surface area contributed by atoms with Crippen LogP contribution in [0, 0.1) is 6.92 Å². The van der Waals surface area contributed by atoms with E-state index >= 15 is 0 Å². The fourth-order valence-electron chi connectivity index (χ4n) is 5.61. The van der Waals surface area contributed by atoms with E-state index < -0.39 is 28.5 Å². The van der Waals surface area contributed by atoms with Gasteiger partial charge >= 0.3 is 0 Å². The van der Waals surface area contributed by atoms with E-state index in [0.717, 1.165) is 47.5 Å². The van der Waals surface area contributed by atoms with Crippen LogP contribution < -0.4 is 14.4 Å². The highest BCUT2D eigenvalue weighted by molar-refractivity contribution is 7.92. The van der Waals surface area contributed by atoms with E-state index in [1.807, 2.05) is 45.0 Å². The number of carbonyl (C=O) groups is 2. The molecule has 0 saturated heterocycles. The van der Waals surface area contributed by atoms with Crippen molar-refractivity contribution >= 4 is 27.5 Å². The lowest BCUT2D eigenvalue weighted by molar-refractivity contribution is -0.140. The lowest BCUT2D eigenvalue weighted by atomic mass is 9.95. The van der Waals surface area contributed by atoms with Crippen molar-refractivity contribution in [2.45, 2.75) is 82.8 Å². The van der Waals surface area contributed by atoms with Gasteiger partial charge in [-0.3, -0.25) is 13.9 Å². The fourth-order valence-corrected chi connectivity index (χ4v) is 7.05. The second-order valence-electron chi connectivity index (χ2n) is 10.9. The molecule has 0 radical (unpaired) electrons. The number of nitrogens with zero attached hydrogens (tertiary/aromatic N) is 2. The van der Waals surface area contributed by atoms with Gasteiger partial charge in [0.05, 0.1) is 17.2 Å². The average Bonchev–Trinajstić information content (AvgIpc) is 3.02. The monoisotopic (exact) mass is 605 g/mol. The van der Waals surface area contributed by atoms with Crippen molar-refractivity contribution in [1.29, 1.82) is 0 Å². The molecule has 3 aromatic rings. The third-order valence-electron chi connectivity index (χ3n) is 7.98. The molecule has 4 rings (SSSR count). The lowest BCUT2D eigenvalue weighted by Crippen LogP contribution is -2.54. The number of hydrogen-bond donors (Lipinski definition) is 1. The molecule has 9 heteroatoms. The summed E-state index contributed by atoms with van der Waals surface area (Å²) in [5.41, 5.74) is 2.14. The van der Waals surface area contributed by atoms with Crippen molar-refractivity contribution in [3.8, 4) is 5.75 Å². The number of ether oxygens (including phenoxy) is 1. The summed E-state index contributed by atoms with van der Waals surface area (Å²) in [6.45, 7) is 5.66. The molecule has 1 aliphatic rings. The van der Waals surface area contributed by atoms with Crippen LogP contribution in [0.2, 0.25) is 0 Å². The van der Waals surface area contributed by atoms with Gasteiger partial charge in [0, 0.05) is 12.6 Å². The zero-order chi connectivity index (χ0) is 30.8. The number of nitrogens with one attached hydrogen (secondary N) is 1. The lowest BCUT2D eigenvalue weighted by Gasteiger charge is -2.35. The topological polar surface area (TPSA) is 96.0 Å². The second kappa shape index (κ2) is 15.0. The van der Waals surface area contributed by atoms with E-state index in [0.29, 0.717) is 18.8 Å². The van der Waals surface area contributed by atoms with Gasteiger partial charge in [-0.25, -0.2) is 8.42 Å². The van der Waals surface area contributed by atoms with Gasteiger partial charge < -0.3 is 15.0 Å². The molecule has 0 unspecified atom stereocenters. The molecular formula is C34H43N3O5S. The predicted octanol–water partition coefficient (Wildman–Crippen LogP) is 5.85. The number of hydrogen-bond acceptors (Lipinski definition) is 5. The maximum atomic E-state index is 14.4. The highest BCUT2D eigenvalue weighted by atomic mass is 32.2. The minimum atomic E-state index is -4.17. The van der Waals surface area contributed by atoms with E-state index in [-0.39, 0.29) is 29.1 Å². The van der Waals surface area contributed by atoms with Crippen molar-refractivity contribution in [2.24, 2.45) is 0 Å². The van der Waals surface area contributed by atoms with Gasteiger partial charge in [0.15, 0.2) is 0 Å². The Hall–Kier alpha value is -3.85. The molecule has 43 heavy (non-hydrogen) atoms. The van der Waals surface area contributed by atoms with Crippen LogP contribution in [0.3, 0.4) is 0 Å². The summed E-state index contributed by atoms with van der Waals surface area (Å²) in [6, 6.07) is 21.9. The Morgan fingerprint density at radius 2 is 1.56 bits per heavy atom. The Balaban J connectivity index is 1.74. The standard InChI is InChI=1S/C34H43N3O5S/c1-4-30(34(39)35-28-18-8-6-9-19-28)36(24-27-17-13-12-16-26(27)3)33(38)25-37(31-22-14-15-23-32(31)42-5-2)43(40,41)29-20-10-7-11-21-29/h7,10-17,20-23,28,30H,4-6,8-9,18-19,24-25H2,1-3H3,(H,35,39)/t30-/m1/s1. The first-order valence-corrected chi connectivity index (χ1v) is 16.6. The summed E-state index contributed by atoms with van der Waals surface area (Å²) in [6.07, 6.45) is 5.53. The van der Waals surface area contributed by atoms with Crippen molar-refractivity contribution in [3.05, 3.63) is 90.0 Å². The zero-order valence-electron chi connectivity index (χ0n) is 25.4. The van der Waals surface area contributed by atoms with E-state index in [2.05, 4.69) is 5.32 Å². The Morgan fingerprint density at radius 1 is 0.907 bits per heavy atom. The van der Waals surface area contributed by atoms with E-state index in [9.17, 15) is 18.0 Å². The molecule has 1 atom stereocenters. The van der Waals surface area contributed by atoms with Gasteiger partial charge in [-0.15, -0.1) is 0 Å². The van der Waals surface area contributed by atoms with Crippen LogP contribution in [-0.2, 0) is 26.2 Å². The number of benzene rings is 3. The minimum Gasteiger partial charge on any atom is -0.492 e. The normalized spacial score (nSPS) is 14.5. The van der Waals surface area contributed by atoms with Crippen molar-refractivity contribution in [3.63, 3.8) is 0 Å². The molecule has 0 heterocycles. The molecule has 8 nitrogen and oxygen atoms in total. The largest absolute Gasteiger partial charge is 0.492 e. The Bertz CT molecular complexity index is 1470. The summed E-state index contributed by atoms with van der Waals surface area (Å²) in [7, 11) is -4.17. The molecule has 0 spiro atoms. The van der Waals surface area contributed by atoms with Crippen LogP contribution >= 0.6 is 0 Å². The first kappa shape index (κ1) is 32.1. The van der Waals surface area contributed by atoms with Crippen molar-refractivity contribution < 1.29 is 22.7 Å². The zero-order valence-corrected chi connectivity index (χ0v) is 26.2. The molecule has 230 valence electrons. The number of carbonyl (C=O) groups excluding carboxylic acids is 2. The van der Waals surface area contributed by atoms with Gasteiger partial charge in [-0.05, 0) is 68.5 Å². The summed E-state index contributed by atoms with van der Waals surface area (Å²) in [5.74, 6) is -0.326. The summed E-state index contributed by atoms with van der Waals surface area (Å²) in [5, 5.41) is 3.19. The van der Waals surface area contributed by atoms with Crippen LogP contribution in [0.15, 0.2) is 83.8 Å². The Kier molecular flexibility index (Phi) is 11.2. The molecule has 1 saturated carbocycles. The first-order valence-electron chi connectivity index (χ1n) is 15.2. The quantitative estimate of drug-likeness (QED) is 0.264. The number of sulfonamides is 1. The maximum absolute atomic E-state index is 14.4. The highest BCUT2D eigenvalue weighted by Gasteiger charge is 2.35. The van der Waals surface area contributed by atoms with Gasteiger partial charge in [0.25, 0.3) is 10.0 Å². The van der Waals surface area contributed by atoms with Crippen LogP contribution in [-0.4, -0.2) is 50.4 Å². The number of para-hydroxylation sites is 2. The van der Waals surface area contributed by atoms with Gasteiger partial charge in [-0.1, -0.05) is 80.8 Å². The van der Waals surface area contributed by atoms with E-state index in [1.165, 1.54) is 17.0 Å². The Labute approximate surface area is 256 Å². The summed E-state index contributed by atoms with van der Waals surface area (Å²) >= 11 is 0. The van der Waals surface area contributed by atoms with E-state index in [4.69, 9.17) is 4.74 Å². The van der Waals surface area contributed by atoms with Gasteiger partial charge in [0.2, 0.25) is 11.8 Å². The van der Waals surface area contributed by atoms with Crippen molar-refractivity contribution in [2.75, 3.05) is 17.5 Å². The predicted molar refractivity (Wildman–Crippen MR) is 169 cm³/mol. The maximum Gasteiger partial charge on any atom is 0.264 e. The molecule has 0 aliphatic heterocycles. The number of rotatable bonds is 13. The molecule has 2 amide bonds. The fraction of sp³-hybridized carbons (Fsp3) is 0.412.